The third-order valence-electron chi connectivity index (χ3n) is 5.39. The quantitative estimate of drug-likeness (QED) is 0.674. The molecule has 1 saturated heterocycles. The van der Waals surface area contributed by atoms with E-state index >= 15 is 0 Å². The Bertz CT molecular complexity index is 989. The van der Waals surface area contributed by atoms with E-state index in [0.717, 1.165) is 36.3 Å². The van der Waals surface area contributed by atoms with Crippen molar-refractivity contribution in [3.63, 3.8) is 0 Å². The van der Waals surface area contributed by atoms with Crippen molar-refractivity contribution in [2.24, 2.45) is 5.92 Å². The van der Waals surface area contributed by atoms with E-state index in [9.17, 15) is 4.79 Å². The van der Waals surface area contributed by atoms with Crippen molar-refractivity contribution in [3.05, 3.63) is 58.9 Å². The Kier molecular flexibility index (Phi) is 5.03. The lowest BCUT2D eigenvalue weighted by Gasteiger charge is -2.32. The summed E-state index contributed by atoms with van der Waals surface area (Å²) in [6, 6.07) is 9.84. The van der Waals surface area contributed by atoms with Crippen LogP contribution in [0.4, 0.5) is 0 Å². The van der Waals surface area contributed by atoms with Gasteiger partial charge in [-0.15, -0.1) is 0 Å². The van der Waals surface area contributed by atoms with E-state index in [1.165, 1.54) is 0 Å². The molecule has 0 bridgehead atoms. The number of carbonyl (C=O) groups excluding carboxylic acids is 1. The molecule has 146 valence electrons. The van der Waals surface area contributed by atoms with Crippen molar-refractivity contribution in [2.45, 2.75) is 40.0 Å². The van der Waals surface area contributed by atoms with Crippen molar-refractivity contribution in [1.82, 2.24) is 15.0 Å². The fourth-order valence-electron chi connectivity index (χ4n) is 3.95. The van der Waals surface area contributed by atoms with Gasteiger partial charge in [-0.05, 0) is 51.2 Å². The number of carbonyl (C=O) groups is 1. The summed E-state index contributed by atoms with van der Waals surface area (Å²) in [7, 11) is 0. The number of rotatable bonds is 4. The Morgan fingerprint density at radius 1 is 1.25 bits per heavy atom. The van der Waals surface area contributed by atoms with Crippen LogP contribution in [0.3, 0.4) is 0 Å². The zero-order valence-corrected chi connectivity index (χ0v) is 16.6. The fraction of sp³-hybridized carbons (Fsp3) is 0.409. The van der Waals surface area contributed by atoms with Gasteiger partial charge in [0.05, 0.1) is 5.56 Å². The summed E-state index contributed by atoms with van der Waals surface area (Å²) in [6.45, 7) is 7.22. The standard InChI is InChI=1S/C22H25N3O3/c1-14-7-4-5-9-18(14)21-23-20(28-24-21)12-17-8-6-10-25(13-17)22(26)19-11-15(2)27-16(19)3/h4-5,7,9,11,17H,6,8,10,12-13H2,1-3H3. The molecular formula is C22H25N3O3. The molecule has 6 heteroatoms. The third-order valence-corrected chi connectivity index (χ3v) is 5.39. The van der Waals surface area contributed by atoms with Gasteiger partial charge in [-0.3, -0.25) is 4.79 Å². The predicted octanol–water partition coefficient (Wildman–Crippen LogP) is 4.35. The topological polar surface area (TPSA) is 72.4 Å². The zero-order valence-electron chi connectivity index (χ0n) is 16.6. The first-order valence-electron chi connectivity index (χ1n) is 9.76. The highest BCUT2D eigenvalue weighted by atomic mass is 16.5. The van der Waals surface area contributed by atoms with Crippen LogP contribution in [0.15, 0.2) is 39.3 Å². The monoisotopic (exact) mass is 379 g/mol. The van der Waals surface area contributed by atoms with Crippen LogP contribution in [0.1, 0.15) is 46.2 Å². The Labute approximate surface area is 164 Å². The molecule has 2 aromatic heterocycles. The van der Waals surface area contributed by atoms with Gasteiger partial charge in [0.25, 0.3) is 5.91 Å². The Hall–Kier alpha value is -2.89. The minimum absolute atomic E-state index is 0.0465. The van der Waals surface area contributed by atoms with Crippen LogP contribution in [0.5, 0.6) is 0 Å². The fourth-order valence-corrected chi connectivity index (χ4v) is 3.95. The normalized spacial score (nSPS) is 17.1. The average Bonchev–Trinajstić information content (AvgIpc) is 3.27. The highest BCUT2D eigenvalue weighted by Gasteiger charge is 2.28. The molecule has 1 unspecified atom stereocenters. The highest BCUT2D eigenvalue weighted by molar-refractivity contribution is 5.95. The number of hydrogen-bond acceptors (Lipinski definition) is 5. The maximum absolute atomic E-state index is 12.9. The molecule has 3 heterocycles. The van der Waals surface area contributed by atoms with Crippen molar-refractivity contribution >= 4 is 5.91 Å². The summed E-state index contributed by atoms with van der Waals surface area (Å²) in [5.74, 6) is 3.07. The lowest BCUT2D eigenvalue weighted by Crippen LogP contribution is -2.40. The van der Waals surface area contributed by atoms with Crippen LogP contribution < -0.4 is 0 Å². The SMILES string of the molecule is Cc1cc(C(=O)N2CCCC(Cc3nc(-c4ccccc4C)no3)C2)c(C)o1. The molecule has 0 spiro atoms. The number of amides is 1. The number of nitrogens with zero attached hydrogens (tertiary/aromatic N) is 3. The molecule has 28 heavy (non-hydrogen) atoms. The summed E-state index contributed by atoms with van der Waals surface area (Å²) in [6.07, 6.45) is 2.71. The van der Waals surface area contributed by atoms with Gasteiger partial charge in [-0.25, -0.2) is 0 Å². The van der Waals surface area contributed by atoms with E-state index in [1.807, 2.05) is 56.0 Å². The first-order chi connectivity index (χ1) is 13.5. The summed E-state index contributed by atoms with van der Waals surface area (Å²) < 4.78 is 11.0. The molecule has 1 fully saturated rings. The van der Waals surface area contributed by atoms with E-state index in [1.54, 1.807) is 0 Å². The first kappa shape index (κ1) is 18.5. The van der Waals surface area contributed by atoms with Crippen LogP contribution in [-0.2, 0) is 6.42 Å². The molecule has 1 aliphatic heterocycles. The highest BCUT2D eigenvalue weighted by Crippen LogP contribution is 2.25. The number of aryl methyl sites for hydroxylation is 3. The molecular weight excluding hydrogens is 354 g/mol. The van der Waals surface area contributed by atoms with Crippen molar-refractivity contribution in [1.29, 1.82) is 0 Å². The second kappa shape index (κ2) is 7.62. The van der Waals surface area contributed by atoms with Gasteiger partial charge in [-0.1, -0.05) is 29.4 Å². The second-order valence-corrected chi connectivity index (χ2v) is 7.62. The summed E-state index contributed by atoms with van der Waals surface area (Å²) >= 11 is 0. The molecule has 0 aliphatic carbocycles. The van der Waals surface area contributed by atoms with Crippen LogP contribution in [-0.4, -0.2) is 34.0 Å². The van der Waals surface area contributed by atoms with Crippen LogP contribution in [0.2, 0.25) is 0 Å². The van der Waals surface area contributed by atoms with Crippen molar-refractivity contribution < 1.29 is 13.7 Å². The zero-order chi connectivity index (χ0) is 19.7. The van der Waals surface area contributed by atoms with Gasteiger partial charge >= 0.3 is 0 Å². The van der Waals surface area contributed by atoms with Crippen LogP contribution in [0.25, 0.3) is 11.4 Å². The maximum atomic E-state index is 12.9. The smallest absolute Gasteiger partial charge is 0.257 e. The predicted molar refractivity (Wildman–Crippen MR) is 105 cm³/mol. The minimum atomic E-state index is 0.0465. The Balaban J connectivity index is 1.44. The largest absolute Gasteiger partial charge is 0.466 e. The number of furan rings is 1. The molecule has 1 atom stereocenters. The lowest BCUT2D eigenvalue weighted by atomic mass is 9.94. The third kappa shape index (κ3) is 3.72. The van der Waals surface area contributed by atoms with E-state index in [2.05, 4.69) is 10.1 Å². The van der Waals surface area contributed by atoms with E-state index < -0.39 is 0 Å². The number of benzene rings is 1. The van der Waals surface area contributed by atoms with Crippen molar-refractivity contribution in [3.8, 4) is 11.4 Å². The second-order valence-electron chi connectivity index (χ2n) is 7.62. The molecule has 0 N–H and O–H groups in total. The van der Waals surface area contributed by atoms with E-state index in [4.69, 9.17) is 8.94 Å². The average molecular weight is 379 g/mol. The van der Waals surface area contributed by atoms with Gasteiger partial charge in [-0.2, -0.15) is 4.98 Å². The van der Waals surface area contributed by atoms with Crippen molar-refractivity contribution in [2.75, 3.05) is 13.1 Å². The van der Waals surface area contributed by atoms with Gasteiger partial charge in [0.1, 0.15) is 11.5 Å². The summed E-state index contributed by atoms with van der Waals surface area (Å²) in [5, 5.41) is 4.15. The number of likely N-dealkylation sites (tertiary alicyclic amines) is 1. The minimum Gasteiger partial charge on any atom is -0.466 e. The maximum Gasteiger partial charge on any atom is 0.257 e. The molecule has 6 nitrogen and oxygen atoms in total. The number of hydrogen-bond donors (Lipinski definition) is 0. The first-order valence-corrected chi connectivity index (χ1v) is 9.76. The molecule has 0 saturated carbocycles. The molecule has 1 amide bonds. The van der Waals surface area contributed by atoms with Gasteiger partial charge in [0, 0.05) is 25.1 Å². The summed E-state index contributed by atoms with van der Waals surface area (Å²) in [5.41, 5.74) is 2.77. The molecule has 3 aromatic rings. The van der Waals surface area contributed by atoms with Crippen LogP contribution >= 0.6 is 0 Å². The number of piperidine rings is 1. The Morgan fingerprint density at radius 3 is 2.82 bits per heavy atom. The van der Waals surface area contributed by atoms with Gasteiger partial charge < -0.3 is 13.8 Å². The Morgan fingerprint density at radius 2 is 2.07 bits per heavy atom. The molecule has 4 rings (SSSR count). The van der Waals surface area contributed by atoms with E-state index in [-0.39, 0.29) is 5.91 Å². The lowest BCUT2D eigenvalue weighted by molar-refractivity contribution is 0.0666. The summed E-state index contributed by atoms with van der Waals surface area (Å²) in [4.78, 5) is 19.4. The number of aromatic nitrogens is 2. The molecule has 1 aliphatic rings. The molecule has 0 radical (unpaired) electrons. The van der Waals surface area contributed by atoms with E-state index in [0.29, 0.717) is 41.9 Å². The molecule has 1 aromatic carbocycles. The van der Waals surface area contributed by atoms with Crippen LogP contribution in [0, 0.1) is 26.7 Å². The van der Waals surface area contributed by atoms with Gasteiger partial charge in [0.2, 0.25) is 11.7 Å². The van der Waals surface area contributed by atoms with Gasteiger partial charge in [0.15, 0.2) is 0 Å².